The van der Waals surface area contributed by atoms with Crippen LogP contribution >= 0.6 is 0 Å². The van der Waals surface area contributed by atoms with E-state index in [2.05, 4.69) is 267 Å². The van der Waals surface area contributed by atoms with Crippen molar-refractivity contribution in [2.24, 2.45) is 0 Å². The summed E-state index contributed by atoms with van der Waals surface area (Å²) < 4.78 is 3.10. The Kier molecular flexibility index (Phi) is 9.07. The molecule has 15 rings (SSSR count). The molecule has 0 unspecified atom stereocenters. The van der Waals surface area contributed by atoms with Crippen molar-refractivity contribution in [3.63, 3.8) is 0 Å². The van der Waals surface area contributed by atoms with Crippen molar-refractivity contribution in [1.29, 1.82) is 0 Å². The molecule has 5 aliphatic rings. The third-order valence-electron chi connectivity index (χ3n) is 16.2. The van der Waals surface area contributed by atoms with E-state index in [1.807, 2.05) is 0 Å². The molecular weight excluding hydrogens is 949 g/mol. The van der Waals surface area contributed by atoms with Crippen LogP contribution in [-0.4, -0.2) is 27.9 Å². The van der Waals surface area contributed by atoms with Crippen molar-refractivity contribution in [2.75, 3.05) is 19.6 Å². The first-order valence-electron chi connectivity index (χ1n) is 25.8. The monoisotopic (exact) mass is 1000 g/mol. The van der Waals surface area contributed by atoms with E-state index >= 15 is 0 Å². The molecule has 0 radical (unpaired) electrons. The molecule has 0 spiro atoms. The summed E-state index contributed by atoms with van der Waals surface area (Å²) in [6, 6.07) is 78.3. The second-order valence-corrected chi connectivity index (χ2v) is 24.8. The molecule has 0 saturated carbocycles. The third-order valence-corrected chi connectivity index (χ3v) is 18.9. The molecular formula is C66H52B2N4Se. The van der Waals surface area contributed by atoms with Gasteiger partial charge in [-0.1, -0.05) is 0 Å². The van der Waals surface area contributed by atoms with E-state index in [1.54, 1.807) is 8.67 Å². The van der Waals surface area contributed by atoms with Crippen LogP contribution in [0.15, 0.2) is 206 Å². The molecule has 5 aliphatic heterocycles. The quantitative estimate of drug-likeness (QED) is 0.163. The molecule has 348 valence electrons. The molecule has 0 amide bonds. The molecule has 0 fully saturated rings. The second kappa shape index (κ2) is 15.4. The second-order valence-electron chi connectivity index (χ2n) is 22.5. The number of fused-ring (bicyclic) bond motifs is 11. The van der Waals surface area contributed by atoms with E-state index in [0.717, 1.165) is 0 Å². The van der Waals surface area contributed by atoms with Gasteiger partial charge >= 0.3 is 438 Å². The molecule has 7 heteroatoms. The fraction of sp³-hybridized carbons (Fsp3) is 0.121. The maximum atomic E-state index is 2.73. The molecule has 0 saturated heterocycles. The first kappa shape index (κ1) is 42.9. The van der Waals surface area contributed by atoms with Crippen LogP contribution < -0.4 is 50.1 Å². The summed E-state index contributed by atoms with van der Waals surface area (Å²) in [7, 11) is 0. The number of anilines is 12. The SMILES string of the molecule is CC(C)(C)c1cc2c3c(c1)N1c4ccccc4N4c5cc(C(C)(C)C)cc6c5B(c5ccc(-c7ccccc7)cc5N6c5ccccc5)c5[se]c(c1c54)B3c1cc(-c3ccccc3)ccc1N2c1ccccc1. The zero-order valence-electron chi connectivity index (χ0n) is 42.0. The van der Waals surface area contributed by atoms with Crippen LogP contribution in [0.1, 0.15) is 52.7 Å². The molecule has 0 N–H and O–H groups in total. The summed E-state index contributed by atoms with van der Waals surface area (Å²) in [5.41, 5.74) is 28.1. The van der Waals surface area contributed by atoms with E-state index < -0.39 is 0 Å². The molecule has 0 bridgehead atoms. The summed E-state index contributed by atoms with van der Waals surface area (Å²) in [6.45, 7) is 14.3. The van der Waals surface area contributed by atoms with Crippen LogP contribution in [0.3, 0.4) is 0 Å². The number of para-hydroxylation sites is 4. The van der Waals surface area contributed by atoms with Gasteiger partial charge in [-0.05, 0) is 0 Å². The predicted molar refractivity (Wildman–Crippen MR) is 313 cm³/mol. The Balaban J connectivity index is 1.08. The Morgan fingerprint density at radius 1 is 0.315 bits per heavy atom. The standard InChI is InChI=1S/C66H52B2N4Se/c1-65(2,3)45-37-55-60-58(40-45)72-53-30-20-19-29-52(53)71-57-39-46(66(4,5)6)38-56-59(57)67(49-33-31-44(42-23-13-8-14-24-42)36-54(49)70(56)48-27-17-10-18-28-48)63-61(71)62(72)64(73-63)68(60)50-35-43(41-21-11-7-12-22-41)32-34-51(50)69(55)47-25-15-9-16-26-47/h7-40H,1-6H3. The third kappa shape index (κ3) is 6.16. The Hall–Kier alpha value is -7.69. The molecule has 73 heavy (non-hydrogen) atoms. The summed E-state index contributed by atoms with van der Waals surface area (Å²) in [5.74, 6) is 0. The van der Waals surface area contributed by atoms with E-state index in [4.69, 9.17) is 0 Å². The molecule has 9 aromatic carbocycles. The van der Waals surface area contributed by atoms with Crippen molar-refractivity contribution in [1.82, 2.24) is 0 Å². The fourth-order valence-electron chi connectivity index (χ4n) is 12.7. The van der Waals surface area contributed by atoms with Gasteiger partial charge in [0.2, 0.25) is 0 Å². The number of hydrogen-bond acceptors (Lipinski definition) is 4. The average molecular weight is 1000 g/mol. The van der Waals surface area contributed by atoms with Gasteiger partial charge in [0, 0.05) is 0 Å². The number of benzene rings is 9. The predicted octanol–water partition coefficient (Wildman–Crippen LogP) is 13.2. The van der Waals surface area contributed by atoms with Crippen LogP contribution in [0.25, 0.3) is 22.3 Å². The average Bonchev–Trinajstić information content (AvgIpc) is 3.81. The van der Waals surface area contributed by atoms with Gasteiger partial charge in [0.25, 0.3) is 0 Å². The first-order valence-corrected chi connectivity index (χ1v) is 27.5. The van der Waals surface area contributed by atoms with E-state index in [0.29, 0.717) is 0 Å². The van der Waals surface area contributed by atoms with E-state index in [1.165, 1.54) is 123 Å². The summed E-state index contributed by atoms with van der Waals surface area (Å²) in [6.07, 6.45) is 0. The summed E-state index contributed by atoms with van der Waals surface area (Å²) >= 11 is -0.0485. The van der Waals surface area contributed by atoms with Gasteiger partial charge in [-0.3, -0.25) is 0 Å². The van der Waals surface area contributed by atoms with Crippen LogP contribution in [0, 0.1) is 0 Å². The Morgan fingerprint density at radius 3 is 1.19 bits per heavy atom. The number of nitrogens with zero attached hydrogens (tertiary/aromatic N) is 4. The number of rotatable bonds is 4. The minimum absolute atomic E-state index is 0.0404. The minimum atomic E-state index is -0.119. The van der Waals surface area contributed by atoms with Gasteiger partial charge in [-0.25, -0.2) is 0 Å². The summed E-state index contributed by atoms with van der Waals surface area (Å²) in [5, 5.41) is 0. The van der Waals surface area contributed by atoms with Crippen molar-refractivity contribution in [3.8, 4) is 22.3 Å². The Bertz CT molecular complexity index is 3910. The van der Waals surface area contributed by atoms with E-state index in [-0.39, 0.29) is 38.8 Å². The molecule has 1 aromatic heterocycles. The summed E-state index contributed by atoms with van der Waals surface area (Å²) in [4.78, 5) is 10.6. The topological polar surface area (TPSA) is 13.0 Å². The molecule has 0 atom stereocenters. The molecule has 10 aromatic rings. The maximum absolute atomic E-state index is 2.73. The van der Waals surface area contributed by atoms with Gasteiger partial charge in [0.1, 0.15) is 0 Å². The van der Waals surface area contributed by atoms with Gasteiger partial charge < -0.3 is 0 Å². The molecule has 0 aliphatic carbocycles. The number of hydrogen-bond donors (Lipinski definition) is 0. The van der Waals surface area contributed by atoms with Gasteiger partial charge in [0.15, 0.2) is 0 Å². The Labute approximate surface area is 435 Å². The van der Waals surface area contributed by atoms with Crippen molar-refractivity contribution in [2.45, 2.75) is 52.4 Å². The van der Waals surface area contributed by atoms with E-state index in [9.17, 15) is 0 Å². The zero-order chi connectivity index (χ0) is 49.1. The van der Waals surface area contributed by atoms with Gasteiger partial charge in [-0.15, -0.1) is 0 Å². The van der Waals surface area contributed by atoms with Crippen LogP contribution in [0.2, 0.25) is 0 Å². The van der Waals surface area contributed by atoms with Crippen LogP contribution in [0.4, 0.5) is 68.2 Å². The zero-order valence-corrected chi connectivity index (χ0v) is 43.7. The molecule has 6 heterocycles. The van der Waals surface area contributed by atoms with Gasteiger partial charge in [0.05, 0.1) is 0 Å². The molecule has 4 nitrogen and oxygen atoms in total. The van der Waals surface area contributed by atoms with Crippen molar-refractivity contribution in [3.05, 3.63) is 217 Å². The first-order chi connectivity index (χ1) is 35.5. The van der Waals surface area contributed by atoms with Crippen LogP contribution in [0.5, 0.6) is 0 Å². The normalized spacial score (nSPS) is 14.3. The van der Waals surface area contributed by atoms with Gasteiger partial charge in [-0.2, -0.15) is 0 Å². The van der Waals surface area contributed by atoms with Crippen molar-refractivity contribution < 1.29 is 0 Å². The van der Waals surface area contributed by atoms with Crippen molar-refractivity contribution >= 4 is 127 Å². The Morgan fingerprint density at radius 2 is 0.712 bits per heavy atom. The van der Waals surface area contributed by atoms with Crippen LogP contribution in [-0.2, 0) is 10.8 Å². The fourth-order valence-corrected chi connectivity index (χ4v) is 15.9.